The van der Waals surface area contributed by atoms with Crippen molar-refractivity contribution in [1.29, 1.82) is 0 Å². The summed E-state index contributed by atoms with van der Waals surface area (Å²) in [4.78, 5) is 12.5. The van der Waals surface area contributed by atoms with E-state index in [1.165, 1.54) is 24.3 Å². The lowest BCUT2D eigenvalue weighted by atomic mass is 10.2. The van der Waals surface area contributed by atoms with Crippen LogP contribution in [0.3, 0.4) is 0 Å². The van der Waals surface area contributed by atoms with Crippen molar-refractivity contribution in [2.75, 3.05) is 10.0 Å². The van der Waals surface area contributed by atoms with Crippen molar-refractivity contribution < 1.29 is 13.2 Å². The summed E-state index contributed by atoms with van der Waals surface area (Å²) in [7, 11) is -3.76. The monoisotopic (exact) mass is 407 g/mol. The summed E-state index contributed by atoms with van der Waals surface area (Å²) in [5.41, 5.74) is 2.40. The Bertz CT molecular complexity index is 1280. The molecule has 0 saturated carbocycles. The number of nitrogens with one attached hydrogen (secondary N) is 2. The highest BCUT2D eigenvalue weighted by Gasteiger charge is 2.16. The van der Waals surface area contributed by atoms with Crippen LogP contribution in [0.15, 0.2) is 77.8 Å². The molecule has 0 saturated heterocycles. The van der Waals surface area contributed by atoms with Gasteiger partial charge < -0.3 is 0 Å². The Labute approximate surface area is 167 Å². The van der Waals surface area contributed by atoms with Crippen LogP contribution in [-0.2, 0) is 10.0 Å². The van der Waals surface area contributed by atoms with E-state index in [0.717, 1.165) is 5.56 Å². The van der Waals surface area contributed by atoms with E-state index in [9.17, 15) is 13.2 Å². The quantitative estimate of drug-likeness (QED) is 0.529. The second-order valence-electron chi connectivity index (χ2n) is 6.40. The minimum Gasteiger partial charge on any atom is -0.290 e. The van der Waals surface area contributed by atoms with Gasteiger partial charge in [0.25, 0.3) is 15.9 Å². The molecule has 4 rings (SSSR count). The van der Waals surface area contributed by atoms with Gasteiger partial charge in [0.15, 0.2) is 5.65 Å². The molecule has 29 heavy (non-hydrogen) atoms. The van der Waals surface area contributed by atoms with Gasteiger partial charge in [-0.1, -0.05) is 23.8 Å². The van der Waals surface area contributed by atoms with Crippen LogP contribution >= 0.6 is 0 Å². The number of carbonyl (C=O) groups is 1. The molecule has 146 valence electrons. The van der Waals surface area contributed by atoms with E-state index in [0.29, 0.717) is 16.9 Å². The van der Waals surface area contributed by atoms with Crippen LogP contribution in [0.5, 0.6) is 0 Å². The number of rotatable bonds is 5. The second kappa shape index (κ2) is 7.36. The number of carbonyl (C=O) groups excluding carboxylic acids is 1. The standard InChI is InChI=1S/C20H17N5O3S/c1-14-5-9-16(10-6-14)24-29(27,28)17-11-7-15(8-12-17)19(26)21-20-23-22-18-4-2-3-13-25(18)20/h2-13,24H,1H3,(H,21,23,26). The lowest BCUT2D eigenvalue weighted by molar-refractivity contribution is 0.102. The van der Waals surface area contributed by atoms with Gasteiger partial charge in [-0.15, -0.1) is 10.2 Å². The molecule has 2 heterocycles. The number of aromatic nitrogens is 3. The van der Waals surface area contributed by atoms with E-state index in [2.05, 4.69) is 20.2 Å². The molecule has 2 aromatic carbocycles. The molecule has 0 aliphatic heterocycles. The number of anilines is 2. The molecule has 0 radical (unpaired) electrons. The summed E-state index contributed by atoms with van der Waals surface area (Å²) in [5, 5.41) is 10.6. The summed E-state index contributed by atoms with van der Waals surface area (Å²) in [6, 6.07) is 18.1. The molecule has 0 aliphatic rings. The Kier molecular flexibility index (Phi) is 4.73. The minimum atomic E-state index is -3.76. The van der Waals surface area contributed by atoms with E-state index < -0.39 is 15.9 Å². The third-order valence-corrected chi connectivity index (χ3v) is 5.67. The molecule has 9 heteroatoms. The average molecular weight is 407 g/mol. The number of pyridine rings is 1. The minimum absolute atomic E-state index is 0.0579. The summed E-state index contributed by atoms with van der Waals surface area (Å²) < 4.78 is 29.2. The zero-order valence-corrected chi connectivity index (χ0v) is 16.2. The molecular weight excluding hydrogens is 390 g/mol. The molecule has 4 aromatic rings. The highest BCUT2D eigenvalue weighted by atomic mass is 32.2. The third-order valence-electron chi connectivity index (χ3n) is 4.27. The highest BCUT2D eigenvalue weighted by Crippen LogP contribution is 2.18. The largest absolute Gasteiger partial charge is 0.290 e. The number of aryl methyl sites for hydroxylation is 1. The van der Waals surface area contributed by atoms with Crippen LogP contribution in [-0.4, -0.2) is 28.9 Å². The molecule has 0 unspecified atom stereocenters. The van der Waals surface area contributed by atoms with Crippen LogP contribution < -0.4 is 10.0 Å². The Morgan fingerprint density at radius 1 is 0.931 bits per heavy atom. The van der Waals surface area contributed by atoms with Crippen molar-refractivity contribution in [2.24, 2.45) is 0 Å². The molecule has 0 spiro atoms. The van der Waals surface area contributed by atoms with Gasteiger partial charge in [-0.25, -0.2) is 8.42 Å². The number of fused-ring (bicyclic) bond motifs is 1. The third kappa shape index (κ3) is 3.94. The van der Waals surface area contributed by atoms with Gasteiger partial charge >= 0.3 is 0 Å². The zero-order valence-electron chi connectivity index (χ0n) is 15.4. The Hall–Kier alpha value is -3.72. The number of amides is 1. The highest BCUT2D eigenvalue weighted by molar-refractivity contribution is 7.92. The summed E-state index contributed by atoms with van der Waals surface area (Å²) >= 11 is 0. The maximum absolute atomic E-state index is 12.5. The van der Waals surface area contributed by atoms with Gasteiger partial charge in [0, 0.05) is 17.4 Å². The Morgan fingerprint density at radius 2 is 1.66 bits per heavy atom. The normalized spacial score (nSPS) is 11.3. The fourth-order valence-electron chi connectivity index (χ4n) is 2.72. The van der Waals surface area contributed by atoms with Crippen molar-refractivity contribution in [3.05, 3.63) is 84.1 Å². The van der Waals surface area contributed by atoms with Crippen molar-refractivity contribution in [1.82, 2.24) is 14.6 Å². The molecule has 2 aromatic heterocycles. The Balaban J connectivity index is 1.50. The topological polar surface area (TPSA) is 105 Å². The van der Waals surface area contributed by atoms with Crippen molar-refractivity contribution in [3.63, 3.8) is 0 Å². The first-order chi connectivity index (χ1) is 13.9. The molecule has 0 aliphatic carbocycles. The number of nitrogens with zero attached hydrogens (tertiary/aromatic N) is 3. The molecule has 1 amide bonds. The van der Waals surface area contributed by atoms with E-state index in [4.69, 9.17) is 0 Å². The number of hydrogen-bond acceptors (Lipinski definition) is 5. The number of sulfonamides is 1. The predicted molar refractivity (Wildman–Crippen MR) is 109 cm³/mol. The fraction of sp³-hybridized carbons (Fsp3) is 0.0500. The lowest BCUT2D eigenvalue weighted by Crippen LogP contribution is -2.16. The van der Waals surface area contributed by atoms with Gasteiger partial charge in [-0.3, -0.25) is 19.2 Å². The zero-order chi connectivity index (χ0) is 20.4. The van der Waals surface area contributed by atoms with Crippen LogP contribution in [0.25, 0.3) is 5.65 Å². The maximum Gasteiger partial charge on any atom is 0.261 e. The van der Waals surface area contributed by atoms with Gasteiger partial charge in [-0.2, -0.15) is 0 Å². The van der Waals surface area contributed by atoms with E-state index in [-0.39, 0.29) is 10.8 Å². The fourth-order valence-corrected chi connectivity index (χ4v) is 3.78. The molecule has 0 bridgehead atoms. The Morgan fingerprint density at radius 3 is 2.38 bits per heavy atom. The first-order valence-corrected chi connectivity index (χ1v) is 10.2. The van der Waals surface area contributed by atoms with Gasteiger partial charge in [0.2, 0.25) is 5.95 Å². The van der Waals surface area contributed by atoms with Crippen LogP contribution in [0.2, 0.25) is 0 Å². The first-order valence-electron chi connectivity index (χ1n) is 8.73. The smallest absolute Gasteiger partial charge is 0.261 e. The molecule has 8 nitrogen and oxygen atoms in total. The predicted octanol–water partition coefficient (Wildman–Crippen LogP) is 3.09. The van der Waals surface area contributed by atoms with Crippen LogP contribution in [0.4, 0.5) is 11.6 Å². The second-order valence-corrected chi connectivity index (χ2v) is 8.08. The first kappa shape index (κ1) is 18.6. The summed E-state index contributed by atoms with van der Waals surface area (Å²) in [6.07, 6.45) is 1.73. The number of benzene rings is 2. The number of hydrogen-bond donors (Lipinski definition) is 2. The van der Waals surface area contributed by atoms with E-state index in [1.54, 1.807) is 34.9 Å². The van der Waals surface area contributed by atoms with E-state index >= 15 is 0 Å². The van der Waals surface area contributed by atoms with Crippen molar-refractivity contribution in [2.45, 2.75) is 11.8 Å². The maximum atomic E-state index is 12.5. The molecule has 0 atom stereocenters. The lowest BCUT2D eigenvalue weighted by Gasteiger charge is -2.09. The van der Waals surface area contributed by atoms with Crippen molar-refractivity contribution in [3.8, 4) is 0 Å². The van der Waals surface area contributed by atoms with Crippen molar-refractivity contribution >= 4 is 33.2 Å². The molecular formula is C20H17N5O3S. The average Bonchev–Trinajstić information content (AvgIpc) is 3.13. The van der Waals surface area contributed by atoms with Gasteiger partial charge in [0.05, 0.1) is 4.90 Å². The summed E-state index contributed by atoms with van der Waals surface area (Å²) in [6.45, 7) is 1.92. The van der Waals surface area contributed by atoms with Crippen LogP contribution in [0.1, 0.15) is 15.9 Å². The van der Waals surface area contributed by atoms with Gasteiger partial charge in [0.1, 0.15) is 0 Å². The molecule has 2 N–H and O–H groups in total. The summed E-state index contributed by atoms with van der Waals surface area (Å²) in [5.74, 6) is -0.137. The van der Waals surface area contributed by atoms with E-state index in [1.807, 2.05) is 25.1 Å². The molecule has 0 fully saturated rings. The SMILES string of the molecule is Cc1ccc(NS(=O)(=O)c2ccc(C(=O)Nc3nnc4ccccn34)cc2)cc1. The van der Waals surface area contributed by atoms with Gasteiger partial charge in [-0.05, 0) is 55.5 Å². The van der Waals surface area contributed by atoms with Crippen LogP contribution in [0, 0.1) is 6.92 Å².